The van der Waals surface area contributed by atoms with Crippen LogP contribution in [-0.2, 0) is 4.79 Å². The number of nitrogens with zero attached hydrogens (tertiary/aromatic N) is 1. The van der Waals surface area contributed by atoms with Crippen LogP contribution in [0, 0.1) is 0 Å². The van der Waals surface area contributed by atoms with Crippen molar-refractivity contribution in [3.8, 4) is 0 Å². The van der Waals surface area contributed by atoms with Crippen molar-refractivity contribution in [2.24, 2.45) is 0 Å². The number of unbranched alkanes of at least 4 members (excludes halogenated alkanes) is 6. The first-order valence-corrected chi connectivity index (χ1v) is 9.63. The minimum absolute atomic E-state index is 0.0122. The predicted octanol–water partition coefficient (Wildman–Crippen LogP) is 3.67. The Labute approximate surface area is 149 Å². The molecule has 4 nitrogen and oxygen atoms in total. The van der Waals surface area contributed by atoms with Gasteiger partial charge in [0.25, 0.3) is 0 Å². The molecule has 0 aliphatic rings. The van der Waals surface area contributed by atoms with Crippen molar-refractivity contribution >= 4 is 5.91 Å². The molecule has 0 fully saturated rings. The third-order valence-electron chi connectivity index (χ3n) is 3.97. The first kappa shape index (κ1) is 22.9. The molecule has 0 saturated carbocycles. The Morgan fingerprint density at radius 2 is 1.75 bits per heavy atom. The molecule has 0 bridgehead atoms. The van der Waals surface area contributed by atoms with Crippen molar-refractivity contribution in [1.29, 1.82) is 0 Å². The van der Waals surface area contributed by atoms with Gasteiger partial charge < -0.3 is 10.4 Å². The van der Waals surface area contributed by atoms with Crippen LogP contribution < -0.4 is 5.32 Å². The van der Waals surface area contributed by atoms with Crippen LogP contribution in [-0.4, -0.2) is 48.7 Å². The van der Waals surface area contributed by atoms with Gasteiger partial charge >= 0.3 is 0 Å². The second kappa shape index (κ2) is 18.2. The maximum atomic E-state index is 11.7. The van der Waals surface area contributed by atoms with Crippen LogP contribution in [0.2, 0.25) is 0 Å². The summed E-state index contributed by atoms with van der Waals surface area (Å²) >= 11 is 0. The van der Waals surface area contributed by atoms with Gasteiger partial charge in [-0.15, -0.1) is 0 Å². The Morgan fingerprint density at radius 1 is 1.00 bits per heavy atom. The molecule has 0 aromatic rings. The number of aliphatic hydroxyl groups is 1. The molecule has 0 unspecified atom stereocenters. The fourth-order valence-corrected chi connectivity index (χ4v) is 2.52. The number of allylic oxidation sites excluding steroid dienone is 3. The number of amides is 1. The van der Waals surface area contributed by atoms with E-state index in [-0.39, 0.29) is 12.5 Å². The van der Waals surface area contributed by atoms with Crippen molar-refractivity contribution in [2.75, 3.05) is 32.8 Å². The molecular formula is C20H38N2O2. The molecule has 0 heterocycles. The van der Waals surface area contributed by atoms with E-state index in [0.717, 1.165) is 38.8 Å². The van der Waals surface area contributed by atoms with Crippen molar-refractivity contribution in [2.45, 2.75) is 65.2 Å². The number of carbonyl (C=O) groups excluding carboxylic acids is 1. The summed E-state index contributed by atoms with van der Waals surface area (Å²) in [7, 11) is 0. The molecule has 0 spiro atoms. The summed E-state index contributed by atoms with van der Waals surface area (Å²) in [5.74, 6) is -0.0122. The third kappa shape index (κ3) is 15.8. The van der Waals surface area contributed by atoms with Gasteiger partial charge in [-0.1, -0.05) is 44.4 Å². The van der Waals surface area contributed by atoms with Crippen molar-refractivity contribution in [3.05, 3.63) is 24.3 Å². The van der Waals surface area contributed by atoms with Crippen LogP contribution >= 0.6 is 0 Å². The maximum Gasteiger partial charge on any atom is 0.243 e. The number of hydrogen-bond acceptors (Lipinski definition) is 3. The van der Waals surface area contributed by atoms with E-state index in [9.17, 15) is 4.79 Å². The molecule has 0 aromatic carbocycles. The van der Waals surface area contributed by atoms with Crippen molar-refractivity contribution in [3.63, 3.8) is 0 Å². The number of aliphatic hydroxyl groups excluding tert-OH is 1. The molecule has 0 radical (unpaired) electrons. The first-order valence-electron chi connectivity index (χ1n) is 9.63. The fraction of sp³-hybridized carbons (Fsp3) is 0.750. The molecule has 4 heteroatoms. The average Bonchev–Trinajstić information content (AvgIpc) is 2.57. The summed E-state index contributed by atoms with van der Waals surface area (Å²) in [5.41, 5.74) is 0. The lowest BCUT2D eigenvalue weighted by atomic mass is 10.2. The van der Waals surface area contributed by atoms with Crippen LogP contribution in [0.25, 0.3) is 0 Å². The summed E-state index contributed by atoms with van der Waals surface area (Å²) in [6.45, 7) is 7.50. The van der Waals surface area contributed by atoms with E-state index in [2.05, 4.69) is 36.2 Å². The topological polar surface area (TPSA) is 52.6 Å². The van der Waals surface area contributed by atoms with Gasteiger partial charge in [0, 0.05) is 19.6 Å². The van der Waals surface area contributed by atoms with Crippen LogP contribution in [0.1, 0.15) is 65.2 Å². The summed E-state index contributed by atoms with van der Waals surface area (Å²) in [6.07, 6.45) is 17.2. The quantitative estimate of drug-likeness (QED) is 0.256. The van der Waals surface area contributed by atoms with Gasteiger partial charge in [0.05, 0.1) is 6.61 Å². The molecule has 0 saturated heterocycles. The van der Waals surface area contributed by atoms with Gasteiger partial charge in [0.1, 0.15) is 0 Å². The highest BCUT2D eigenvalue weighted by molar-refractivity contribution is 5.87. The Bertz CT molecular complexity index is 341. The minimum Gasteiger partial charge on any atom is -0.395 e. The van der Waals surface area contributed by atoms with Crippen LogP contribution in [0.15, 0.2) is 24.3 Å². The summed E-state index contributed by atoms with van der Waals surface area (Å²) in [4.78, 5) is 13.9. The van der Waals surface area contributed by atoms with E-state index in [0.29, 0.717) is 13.1 Å². The molecular weight excluding hydrogens is 300 g/mol. The van der Waals surface area contributed by atoms with Crippen molar-refractivity contribution in [1.82, 2.24) is 10.2 Å². The van der Waals surface area contributed by atoms with E-state index < -0.39 is 0 Å². The predicted molar refractivity (Wildman–Crippen MR) is 103 cm³/mol. The van der Waals surface area contributed by atoms with Gasteiger partial charge in [-0.25, -0.2) is 0 Å². The van der Waals surface area contributed by atoms with Crippen molar-refractivity contribution < 1.29 is 9.90 Å². The number of hydrogen-bond donors (Lipinski definition) is 2. The minimum atomic E-state index is -0.0122. The highest BCUT2D eigenvalue weighted by Gasteiger charge is 2.04. The molecule has 0 atom stereocenters. The zero-order chi connectivity index (χ0) is 17.9. The highest BCUT2D eigenvalue weighted by Crippen LogP contribution is 2.03. The Hall–Kier alpha value is -1.13. The summed E-state index contributed by atoms with van der Waals surface area (Å²) in [5, 5.41) is 12.1. The number of carbonyl (C=O) groups is 1. The van der Waals surface area contributed by atoms with Crippen LogP contribution in [0.3, 0.4) is 0 Å². The summed E-state index contributed by atoms with van der Waals surface area (Å²) in [6, 6.07) is 0. The first-order chi connectivity index (χ1) is 11.7. The maximum absolute atomic E-state index is 11.7. The summed E-state index contributed by atoms with van der Waals surface area (Å²) < 4.78 is 0. The lowest BCUT2D eigenvalue weighted by molar-refractivity contribution is -0.116. The molecule has 2 N–H and O–H groups in total. The van der Waals surface area contributed by atoms with E-state index >= 15 is 0 Å². The largest absolute Gasteiger partial charge is 0.395 e. The van der Waals surface area contributed by atoms with Gasteiger partial charge in [-0.2, -0.15) is 0 Å². The third-order valence-corrected chi connectivity index (χ3v) is 3.97. The van der Waals surface area contributed by atoms with Gasteiger partial charge in [-0.3, -0.25) is 9.69 Å². The second-order valence-electron chi connectivity index (χ2n) is 6.17. The molecule has 1 amide bonds. The molecule has 0 aliphatic heterocycles. The zero-order valence-electron chi connectivity index (χ0n) is 15.8. The van der Waals surface area contributed by atoms with Gasteiger partial charge in [0.15, 0.2) is 0 Å². The Kier molecular flexibility index (Phi) is 17.4. The molecule has 0 aromatic heterocycles. The monoisotopic (exact) mass is 338 g/mol. The lowest BCUT2D eigenvalue weighted by Crippen LogP contribution is -2.36. The SMILES string of the molecule is C/C=C/CCCCCN(CCO)CCNC(=O)/C=C/CCCCC. The highest BCUT2D eigenvalue weighted by atomic mass is 16.3. The average molecular weight is 339 g/mol. The van der Waals surface area contributed by atoms with E-state index in [4.69, 9.17) is 5.11 Å². The normalized spacial score (nSPS) is 11.8. The smallest absolute Gasteiger partial charge is 0.243 e. The Morgan fingerprint density at radius 3 is 2.46 bits per heavy atom. The van der Waals surface area contributed by atoms with Gasteiger partial charge in [-0.05, 0) is 51.6 Å². The number of rotatable bonds is 16. The van der Waals surface area contributed by atoms with E-state index in [1.165, 1.54) is 25.7 Å². The van der Waals surface area contributed by atoms with E-state index in [1.807, 2.05) is 6.08 Å². The molecule has 0 aliphatic carbocycles. The molecule has 0 rings (SSSR count). The number of nitrogens with one attached hydrogen (secondary N) is 1. The molecule has 140 valence electrons. The zero-order valence-corrected chi connectivity index (χ0v) is 15.8. The Balaban J connectivity index is 3.77. The van der Waals surface area contributed by atoms with E-state index in [1.54, 1.807) is 6.08 Å². The lowest BCUT2D eigenvalue weighted by Gasteiger charge is -2.21. The standard InChI is InChI=1S/C20H38N2O2/c1-3-5-7-9-11-13-16-22(18-19-23)17-15-21-20(24)14-12-10-8-6-4-2/h3,5,12,14,23H,4,6-11,13,15-19H2,1-2H3,(H,21,24)/b5-3+,14-12+. The second-order valence-corrected chi connectivity index (χ2v) is 6.17. The van der Waals surface area contributed by atoms with Crippen LogP contribution in [0.5, 0.6) is 0 Å². The fourth-order valence-electron chi connectivity index (χ4n) is 2.52. The van der Waals surface area contributed by atoms with Crippen LogP contribution in [0.4, 0.5) is 0 Å². The van der Waals surface area contributed by atoms with Gasteiger partial charge in [0.2, 0.25) is 5.91 Å². The molecule has 24 heavy (non-hydrogen) atoms.